The number of hydrogen-bond acceptors (Lipinski definition) is 4. The molecule has 0 radical (unpaired) electrons. The monoisotopic (exact) mass is 353 g/mol. The molecule has 0 atom stereocenters. The van der Waals surface area contributed by atoms with E-state index < -0.39 is 0 Å². The van der Waals surface area contributed by atoms with Gasteiger partial charge in [0.1, 0.15) is 6.54 Å². The zero-order valence-corrected chi connectivity index (χ0v) is 16.2. The second kappa shape index (κ2) is 10.6. The molecule has 2 rings (SSSR count). The summed E-state index contributed by atoms with van der Waals surface area (Å²) in [6.07, 6.45) is 6.86. The molecule has 1 aliphatic heterocycles. The maximum atomic E-state index is 11.9. The Morgan fingerprint density at radius 1 is 1.16 bits per heavy atom. The predicted octanol–water partition coefficient (Wildman–Crippen LogP) is 0.617. The topological polar surface area (TPSA) is 60.4 Å². The first-order valence-electron chi connectivity index (χ1n) is 9.58. The smallest absolute Gasteiger partial charge is 0.243 e. The van der Waals surface area contributed by atoms with Crippen molar-refractivity contribution in [1.29, 1.82) is 0 Å². The number of ether oxygens (including phenoxy) is 1. The van der Waals surface area contributed by atoms with Gasteiger partial charge in [-0.3, -0.25) is 9.69 Å². The zero-order valence-electron chi connectivity index (χ0n) is 16.2. The summed E-state index contributed by atoms with van der Waals surface area (Å²) >= 11 is 0. The highest BCUT2D eigenvalue weighted by atomic mass is 16.5. The second-order valence-corrected chi connectivity index (χ2v) is 7.16. The highest BCUT2D eigenvalue weighted by Crippen LogP contribution is 2.23. The van der Waals surface area contributed by atoms with E-state index in [1.807, 2.05) is 0 Å². The second-order valence-electron chi connectivity index (χ2n) is 7.16. The fourth-order valence-corrected chi connectivity index (χ4v) is 3.56. The third-order valence-electron chi connectivity index (χ3n) is 5.16. The average Bonchev–Trinajstić information content (AvgIpc) is 2.65. The van der Waals surface area contributed by atoms with Crippen molar-refractivity contribution >= 4 is 11.9 Å². The Morgan fingerprint density at radius 3 is 2.44 bits per heavy atom. The Labute approximate surface area is 152 Å². The van der Waals surface area contributed by atoms with Gasteiger partial charge in [0.25, 0.3) is 0 Å². The number of amides is 1. The first-order chi connectivity index (χ1) is 12.1. The standard InChI is InChI=1S/C18H35N5O2/c1-21(2)17(24)15-20-18(19-9-14-25-3)23-12-10-22(11-13-23)16-7-5-4-6-8-16/h16H,4-15H2,1-3H3,(H,19,20). The molecular weight excluding hydrogens is 318 g/mol. The van der Waals surface area contributed by atoms with Gasteiger partial charge in [-0.05, 0) is 12.8 Å². The molecule has 1 amide bonds. The van der Waals surface area contributed by atoms with Crippen LogP contribution in [0.2, 0.25) is 0 Å². The van der Waals surface area contributed by atoms with Crippen LogP contribution in [0.4, 0.5) is 0 Å². The summed E-state index contributed by atoms with van der Waals surface area (Å²) in [5.74, 6) is 0.849. The Balaban J connectivity index is 1.88. The fraction of sp³-hybridized carbons (Fsp3) is 0.889. The minimum absolute atomic E-state index is 0.0203. The van der Waals surface area contributed by atoms with Gasteiger partial charge < -0.3 is 19.9 Å². The summed E-state index contributed by atoms with van der Waals surface area (Å²) in [6.45, 7) is 5.60. The van der Waals surface area contributed by atoms with Crippen molar-refractivity contribution in [2.45, 2.75) is 38.1 Å². The van der Waals surface area contributed by atoms with Crippen LogP contribution in [0.25, 0.3) is 0 Å². The molecule has 25 heavy (non-hydrogen) atoms. The minimum atomic E-state index is 0.0203. The van der Waals surface area contributed by atoms with Gasteiger partial charge in [0.15, 0.2) is 5.96 Å². The molecule has 7 heteroatoms. The minimum Gasteiger partial charge on any atom is -0.383 e. The third kappa shape index (κ3) is 6.47. The lowest BCUT2D eigenvalue weighted by atomic mass is 9.94. The normalized spacial score (nSPS) is 20.6. The van der Waals surface area contributed by atoms with Crippen LogP contribution in [0, 0.1) is 0 Å². The summed E-state index contributed by atoms with van der Waals surface area (Å²) in [7, 11) is 5.22. The molecule has 2 aliphatic rings. The summed E-state index contributed by atoms with van der Waals surface area (Å²) in [5.41, 5.74) is 0. The molecule has 1 N–H and O–H groups in total. The molecule has 0 unspecified atom stereocenters. The van der Waals surface area contributed by atoms with E-state index in [0.29, 0.717) is 13.2 Å². The number of likely N-dealkylation sites (N-methyl/N-ethyl adjacent to an activating group) is 1. The maximum absolute atomic E-state index is 11.9. The number of carbonyl (C=O) groups excluding carboxylic acids is 1. The highest BCUT2D eigenvalue weighted by molar-refractivity contribution is 5.84. The third-order valence-corrected chi connectivity index (χ3v) is 5.16. The molecular formula is C18H35N5O2. The first kappa shape index (κ1) is 20.0. The Hall–Kier alpha value is -1.34. The van der Waals surface area contributed by atoms with E-state index in [1.165, 1.54) is 32.1 Å². The Bertz CT molecular complexity index is 427. The Morgan fingerprint density at radius 2 is 1.84 bits per heavy atom. The number of guanidine groups is 1. The molecule has 1 saturated carbocycles. The molecule has 0 bridgehead atoms. The van der Waals surface area contributed by atoms with E-state index in [9.17, 15) is 4.79 Å². The largest absolute Gasteiger partial charge is 0.383 e. The van der Waals surface area contributed by atoms with Gasteiger partial charge in [0, 0.05) is 60.0 Å². The molecule has 1 aliphatic carbocycles. The van der Waals surface area contributed by atoms with Gasteiger partial charge >= 0.3 is 0 Å². The lowest BCUT2D eigenvalue weighted by Gasteiger charge is -2.41. The van der Waals surface area contributed by atoms with Crippen LogP contribution in [0.15, 0.2) is 4.99 Å². The number of hydrogen-bond donors (Lipinski definition) is 1. The van der Waals surface area contributed by atoms with Crippen LogP contribution < -0.4 is 5.32 Å². The van der Waals surface area contributed by atoms with E-state index in [-0.39, 0.29) is 12.5 Å². The number of aliphatic imine (C=N–C) groups is 1. The number of nitrogens with one attached hydrogen (secondary N) is 1. The van der Waals surface area contributed by atoms with Crippen LogP contribution in [0.5, 0.6) is 0 Å². The van der Waals surface area contributed by atoms with Crippen LogP contribution in [0.3, 0.4) is 0 Å². The average molecular weight is 354 g/mol. The van der Waals surface area contributed by atoms with Crippen molar-refractivity contribution in [2.75, 3.05) is 67.1 Å². The molecule has 144 valence electrons. The molecule has 0 aromatic rings. The summed E-state index contributed by atoms with van der Waals surface area (Å²) in [6, 6.07) is 0.771. The molecule has 0 aromatic heterocycles. The molecule has 0 spiro atoms. The predicted molar refractivity (Wildman–Crippen MR) is 101 cm³/mol. The molecule has 1 heterocycles. The van der Waals surface area contributed by atoms with Gasteiger partial charge in [0.2, 0.25) is 5.91 Å². The van der Waals surface area contributed by atoms with Crippen LogP contribution in [-0.4, -0.2) is 99.7 Å². The van der Waals surface area contributed by atoms with Crippen molar-refractivity contribution in [1.82, 2.24) is 20.0 Å². The summed E-state index contributed by atoms with van der Waals surface area (Å²) < 4.78 is 5.12. The molecule has 2 fully saturated rings. The quantitative estimate of drug-likeness (QED) is 0.431. The Kier molecular flexibility index (Phi) is 8.48. The lowest BCUT2D eigenvalue weighted by Crippen LogP contribution is -2.55. The van der Waals surface area contributed by atoms with Crippen molar-refractivity contribution in [3.63, 3.8) is 0 Å². The van der Waals surface area contributed by atoms with Crippen LogP contribution in [-0.2, 0) is 9.53 Å². The van der Waals surface area contributed by atoms with Gasteiger partial charge in [-0.15, -0.1) is 0 Å². The first-order valence-corrected chi connectivity index (χ1v) is 9.58. The van der Waals surface area contributed by atoms with Crippen LogP contribution in [0.1, 0.15) is 32.1 Å². The maximum Gasteiger partial charge on any atom is 0.243 e. The number of nitrogens with zero attached hydrogens (tertiary/aromatic N) is 4. The zero-order chi connectivity index (χ0) is 18.1. The number of methoxy groups -OCH3 is 1. The highest BCUT2D eigenvalue weighted by Gasteiger charge is 2.26. The number of piperazine rings is 1. The SMILES string of the molecule is COCCNC(=NCC(=O)N(C)C)N1CCN(C2CCCCC2)CC1. The van der Waals surface area contributed by atoms with E-state index in [0.717, 1.165) is 38.2 Å². The lowest BCUT2D eigenvalue weighted by molar-refractivity contribution is -0.127. The number of rotatable bonds is 6. The van der Waals surface area contributed by atoms with Gasteiger partial charge in [0.05, 0.1) is 6.61 Å². The summed E-state index contributed by atoms with van der Waals surface area (Å²) in [5, 5.41) is 3.34. The van der Waals surface area contributed by atoms with Crippen molar-refractivity contribution < 1.29 is 9.53 Å². The van der Waals surface area contributed by atoms with E-state index in [1.54, 1.807) is 26.1 Å². The molecule has 1 saturated heterocycles. The van der Waals surface area contributed by atoms with Crippen molar-refractivity contribution in [3.8, 4) is 0 Å². The van der Waals surface area contributed by atoms with E-state index in [4.69, 9.17) is 4.74 Å². The molecule has 7 nitrogen and oxygen atoms in total. The van der Waals surface area contributed by atoms with Crippen LogP contribution >= 0.6 is 0 Å². The van der Waals surface area contributed by atoms with Crippen molar-refractivity contribution in [3.05, 3.63) is 0 Å². The molecule has 0 aromatic carbocycles. The van der Waals surface area contributed by atoms with E-state index >= 15 is 0 Å². The van der Waals surface area contributed by atoms with Crippen molar-refractivity contribution in [2.24, 2.45) is 4.99 Å². The van der Waals surface area contributed by atoms with E-state index in [2.05, 4.69) is 20.1 Å². The van der Waals surface area contributed by atoms with Gasteiger partial charge in [-0.1, -0.05) is 19.3 Å². The number of carbonyl (C=O) groups is 1. The van der Waals surface area contributed by atoms with Gasteiger partial charge in [-0.2, -0.15) is 0 Å². The van der Waals surface area contributed by atoms with Gasteiger partial charge in [-0.25, -0.2) is 4.99 Å². The summed E-state index contributed by atoms with van der Waals surface area (Å²) in [4.78, 5) is 22.9. The fourth-order valence-electron chi connectivity index (χ4n) is 3.56.